The Morgan fingerprint density at radius 2 is 2.07 bits per heavy atom. The van der Waals surface area contributed by atoms with Crippen molar-refractivity contribution in [3.63, 3.8) is 0 Å². The Morgan fingerprint density at radius 1 is 1.23 bits per heavy atom. The molecule has 3 N–H and O–H groups in total. The van der Waals surface area contributed by atoms with Crippen molar-refractivity contribution >= 4 is 17.5 Å². The molecule has 0 bridgehead atoms. The fraction of sp³-hybridized carbons (Fsp3) is 0.421. The van der Waals surface area contributed by atoms with E-state index in [1.807, 2.05) is 19.9 Å². The average Bonchev–Trinajstić information content (AvgIpc) is 3.41. The minimum absolute atomic E-state index is 0.278. The van der Waals surface area contributed by atoms with Crippen molar-refractivity contribution in [2.24, 2.45) is 0 Å². The van der Waals surface area contributed by atoms with Gasteiger partial charge in [-0.2, -0.15) is 0 Å². The SMILES string of the molecule is CCNC(=O)Nc1cn(CN2CCN(c3ccc(-c4ncc[nH]4)nc3C)CC2)nn1. The van der Waals surface area contributed by atoms with Crippen molar-refractivity contribution in [1.29, 1.82) is 0 Å². The summed E-state index contributed by atoms with van der Waals surface area (Å²) >= 11 is 0. The van der Waals surface area contributed by atoms with E-state index in [9.17, 15) is 4.79 Å². The van der Waals surface area contributed by atoms with Gasteiger partial charge in [-0.15, -0.1) is 5.10 Å². The molecule has 0 spiro atoms. The van der Waals surface area contributed by atoms with Crippen LogP contribution in [0.1, 0.15) is 12.6 Å². The van der Waals surface area contributed by atoms with Gasteiger partial charge >= 0.3 is 6.03 Å². The maximum Gasteiger partial charge on any atom is 0.320 e. The van der Waals surface area contributed by atoms with E-state index in [1.165, 1.54) is 0 Å². The van der Waals surface area contributed by atoms with Gasteiger partial charge in [0.1, 0.15) is 5.69 Å². The summed E-state index contributed by atoms with van der Waals surface area (Å²) in [6.07, 6.45) is 5.27. The molecule has 1 saturated heterocycles. The second-order valence-corrected chi connectivity index (χ2v) is 7.11. The van der Waals surface area contributed by atoms with E-state index in [-0.39, 0.29) is 6.03 Å². The highest BCUT2D eigenvalue weighted by atomic mass is 16.2. The molecule has 158 valence electrons. The number of urea groups is 1. The summed E-state index contributed by atoms with van der Waals surface area (Å²) in [6.45, 7) is 8.70. The number of carbonyl (C=O) groups excluding carboxylic acids is 1. The standard InChI is InChI=1S/C19H26N10O/c1-3-20-19(30)24-17-12-29(26-25-17)13-27-8-10-28(11-9-27)16-5-4-15(23-14(16)2)18-21-6-7-22-18/h4-7,12H,3,8-11,13H2,1-2H3,(H,21,22)(H2,20,24,30). The number of pyridine rings is 1. The Balaban J connectivity index is 1.31. The molecular weight excluding hydrogens is 384 g/mol. The number of nitrogens with zero attached hydrogens (tertiary/aromatic N) is 7. The second-order valence-electron chi connectivity index (χ2n) is 7.11. The summed E-state index contributed by atoms with van der Waals surface area (Å²) in [4.78, 5) is 28.3. The molecule has 0 atom stereocenters. The molecule has 0 radical (unpaired) electrons. The Kier molecular flexibility index (Phi) is 5.89. The Labute approximate surface area is 174 Å². The summed E-state index contributed by atoms with van der Waals surface area (Å²) < 4.78 is 1.74. The van der Waals surface area contributed by atoms with Gasteiger partial charge in [-0.25, -0.2) is 19.4 Å². The predicted octanol–water partition coefficient (Wildman–Crippen LogP) is 1.29. The Morgan fingerprint density at radius 3 is 2.77 bits per heavy atom. The van der Waals surface area contributed by atoms with Crippen LogP contribution in [0, 0.1) is 6.92 Å². The lowest BCUT2D eigenvalue weighted by atomic mass is 10.2. The zero-order valence-electron chi connectivity index (χ0n) is 17.2. The molecule has 0 unspecified atom stereocenters. The lowest BCUT2D eigenvalue weighted by molar-refractivity contribution is 0.194. The third kappa shape index (κ3) is 4.57. The van der Waals surface area contributed by atoms with E-state index in [0.717, 1.165) is 49.1 Å². The Bertz CT molecular complexity index is 975. The number of nitrogens with one attached hydrogen (secondary N) is 3. The zero-order chi connectivity index (χ0) is 20.9. The largest absolute Gasteiger partial charge is 0.368 e. The summed E-state index contributed by atoms with van der Waals surface area (Å²) in [7, 11) is 0. The van der Waals surface area contributed by atoms with Gasteiger partial charge in [0, 0.05) is 45.1 Å². The van der Waals surface area contributed by atoms with Crippen LogP contribution in [-0.2, 0) is 6.67 Å². The van der Waals surface area contributed by atoms with Crippen LogP contribution in [0.25, 0.3) is 11.5 Å². The first-order valence-electron chi connectivity index (χ1n) is 10.0. The van der Waals surface area contributed by atoms with Gasteiger partial charge in [0.25, 0.3) is 0 Å². The smallest absolute Gasteiger partial charge is 0.320 e. The van der Waals surface area contributed by atoms with E-state index in [4.69, 9.17) is 4.98 Å². The monoisotopic (exact) mass is 410 g/mol. The van der Waals surface area contributed by atoms with Gasteiger partial charge in [0.2, 0.25) is 0 Å². The molecule has 3 aromatic rings. The molecule has 0 aromatic carbocycles. The lowest BCUT2D eigenvalue weighted by Gasteiger charge is -2.36. The molecular formula is C19H26N10O. The summed E-state index contributed by atoms with van der Waals surface area (Å²) in [6, 6.07) is 3.85. The molecule has 1 fully saturated rings. The number of rotatable bonds is 6. The Hall–Kier alpha value is -3.47. The second kappa shape index (κ2) is 8.91. The summed E-state index contributed by atoms with van der Waals surface area (Å²) in [5, 5.41) is 13.4. The fourth-order valence-corrected chi connectivity index (χ4v) is 3.51. The number of aryl methyl sites for hydroxylation is 1. The number of amides is 2. The highest BCUT2D eigenvalue weighted by Crippen LogP contribution is 2.23. The van der Waals surface area contributed by atoms with E-state index in [0.29, 0.717) is 19.0 Å². The number of piperazine rings is 1. The van der Waals surface area contributed by atoms with Gasteiger partial charge in [0.15, 0.2) is 11.6 Å². The quantitative estimate of drug-likeness (QED) is 0.560. The van der Waals surface area contributed by atoms with Gasteiger partial charge in [0.05, 0.1) is 24.2 Å². The maximum atomic E-state index is 11.6. The highest BCUT2D eigenvalue weighted by molar-refractivity contribution is 5.87. The van der Waals surface area contributed by atoms with Crippen molar-refractivity contribution < 1.29 is 4.79 Å². The molecule has 0 aliphatic carbocycles. The number of imidazole rings is 1. The topological polar surface area (TPSA) is 120 Å². The normalized spacial score (nSPS) is 14.7. The van der Waals surface area contributed by atoms with E-state index < -0.39 is 0 Å². The molecule has 11 heteroatoms. The number of hydrogen-bond acceptors (Lipinski definition) is 7. The number of H-pyrrole nitrogens is 1. The first-order chi connectivity index (χ1) is 14.6. The molecule has 0 saturated carbocycles. The van der Waals surface area contributed by atoms with Crippen LogP contribution in [0.15, 0.2) is 30.7 Å². The molecule has 11 nitrogen and oxygen atoms in total. The molecule has 4 rings (SSSR count). The van der Waals surface area contributed by atoms with Crippen LogP contribution in [0.2, 0.25) is 0 Å². The fourth-order valence-electron chi connectivity index (χ4n) is 3.51. The minimum Gasteiger partial charge on any atom is -0.368 e. The number of carbonyl (C=O) groups is 1. The molecule has 2 amide bonds. The minimum atomic E-state index is -0.278. The molecule has 4 heterocycles. The van der Waals surface area contributed by atoms with Crippen LogP contribution in [0.3, 0.4) is 0 Å². The van der Waals surface area contributed by atoms with Gasteiger partial charge in [-0.1, -0.05) is 5.21 Å². The number of aromatic nitrogens is 6. The maximum absolute atomic E-state index is 11.6. The van der Waals surface area contributed by atoms with E-state index in [1.54, 1.807) is 23.3 Å². The van der Waals surface area contributed by atoms with Gasteiger partial charge in [-0.05, 0) is 26.0 Å². The van der Waals surface area contributed by atoms with Gasteiger partial charge < -0.3 is 15.2 Å². The molecule has 1 aliphatic rings. The summed E-state index contributed by atoms with van der Waals surface area (Å²) in [5.41, 5.74) is 3.00. The van der Waals surface area contributed by atoms with Crippen LogP contribution < -0.4 is 15.5 Å². The van der Waals surface area contributed by atoms with Crippen LogP contribution in [0.4, 0.5) is 16.3 Å². The summed E-state index contributed by atoms with van der Waals surface area (Å²) in [5.74, 6) is 1.22. The lowest BCUT2D eigenvalue weighted by Crippen LogP contribution is -2.47. The third-order valence-corrected chi connectivity index (χ3v) is 4.97. The first kappa shape index (κ1) is 19.8. The predicted molar refractivity (Wildman–Crippen MR) is 113 cm³/mol. The van der Waals surface area contributed by atoms with Gasteiger partial charge in [-0.3, -0.25) is 10.2 Å². The third-order valence-electron chi connectivity index (χ3n) is 4.97. The number of anilines is 2. The van der Waals surface area contributed by atoms with E-state index >= 15 is 0 Å². The first-order valence-corrected chi connectivity index (χ1v) is 10.0. The van der Waals surface area contributed by atoms with Crippen molar-refractivity contribution in [1.82, 2.24) is 40.2 Å². The van der Waals surface area contributed by atoms with Crippen LogP contribution in [0.5, 0.6) is 0 Å². The number of hydrogen-bond donors (Lipinski definition) is 3. The zero-order valence-corrected chi connectivity index (χ0v) is 17.2. The van der Waals surface area contributed by atoms with E-state index in [2.05, 4.69) is 46.8 Å². The molecule has 1 aliphatic heterocycles. The van der Waals surface area contributed by atoms with Crippen molar-refractivity contribution in [3.05, 3.63) is 36.4 Å². The average molecular weight is 410 g/mol. The van der Waals surface area contributed by atoms with Crippen LogP contribution >= 0.6 is 0 Å². The van der Waals surface area contributed by atoms with Crippen molar-refractivity contribution in [3.8, 4) is 11.5 Å². The molecule has 30 heavy (non-hydrogen) atoms. The van der Waals surface area contributed by atoms with Crippen molar-refractivity contribution in [2.45, 2.75) is 20.5 Å². The van der Waals surface area contributed by atoms with Crippen molar-refractivity contribution in [2.75, 3.05) is 42.9 Å². The highest BCUT2D eigenvalue weighted by Gasteiger charge is 2.20. The van der Waals surface area contributed by atoms with Crippen LogP contribution in [-0.4, -0.2) is 73.6 Å². The number of aromatic amines is 1. The molecule has 3 aromatic heterocycles.